The normalized spacial score (nSPS) is 14.8. The Morgan fingerprint density at radius 2 is 2.00 bits per heavy atom. The predicted molar refractivity (Wildman–Crippen MR) is 93.2 cm³/mol. The Hall–Kier alpha value is -1.60. The Labute approximate surface area is 148 Å². The summed E-state index contributed by atoms with van der Waals surface area (Å²) < 4.78 is 5.25. The second-order valence-electron chi connectivity index (χ2n) is 6.60. The zero-order valence-corrected chi connectivity index (χ0v) is 15.5. The van der Waals surface area contributed by atoms with Gasteiger partial charge < -0.3 is 15.4 Å². The molecule has 0 aliphatic carbocycles. The van der Waals surface area contributed by atoms with Crippen molar-refractivity contribution in [1.82, 2.24) is 20.8 Å². The van der Waals surface area contributed by atoms with Crippen LogP contribution in [0.15, 0.2) is 0 Å². The summed E-state index contributed by atoms with van der Waals surface area (Å²) in [7, 11) is 0. The lowest BCUT2D eigenvalue weighted by atomic mass is 10.0. The van der Waals surface area contributed by atoms with Gasteiger partial charge in [0.15, 0.2) is 5.69 Å². The van der Waals surface area contributed by atoms with Crippen LogP contribution < -0.4 is 10.6 Å². The first kappa shape index (κ1) is 20.4. The first-order valence-electron chi connectivity index (χ1n) is 8.16. The van der Waals surface area contributed by atoms with Crippen LogP contribution in [0.5, 0.6) is 0 Å². The molecule has 8 heteroatoms. The van der Waals surface area contributed by atoms with Gasteiger partial charge in [0.25, 0.3) is 5.91 Å². The van der Waals surface area contributed by atoms with Gasteiger partial charge in [-0.25, -0.2) is 4.79 Å². The number of H-pyrrole nitrogens is 1. The van der Waals surface area contributed by atoms with E-state index in [1.165, 1.54) is 0 Å². The van der Waals surface area contributed by atoms with Crippen molar-refractivity contribution in [2.45, 2.75) is 59.2 Å². The number of aromatic nitrogens is 2. The SMILES string of the molecule is CC(C)C[C@H](NC(=O)c1n[nH]c2c1CNCC2)C(=O)OC(C)C.Cl. The number of halogens is 1. The summed E-state index contributed by atoms with van der Waals surface area (Å²) in [5.74, 6) is -0.475. The molecule has 1 aliphatic heterocycles. The molecule has 0 saturated heterocycles. The summed E-state index contributed by atoms with van der Waals surface area (Å²) in [6.07, 6.45) is 1.14. The molecule has 0 fully saturated rings. The van der Waals surface area contributed by atoms with Crippen molar-refractivity contribution in [3.63, 3.8) is 0 Å². The van der Waals surface area contributed by atoms with Gasteiger partial charge in [-0.05, 0) is 26.2 Å². The van der Waals surface area contributed by atoms with Gasteiger partial charge in [-0.15, -0.1) is 12.4 Å². The molecule has 7 nitrogen and oxygen atoms in total. The molecule has 0 bridgehead atoms. The largest absolute Gasteiger partial charge is 0.461 e. The van der Waals surface area contributed by atoms with Crippen molar-refractivity contribution in [3.05, 3.63) is 17.0 Å². The zero-order chi connectivity index (χ0) is 17.0. The minimum absolute atomic E-state index is 0. The number of nitrogens with zero attached hydrogens (tertiary/aromatic N) is 1. The molecule has 24 heavy (non-hydrogen) atoms. The standard InChI is InChI=1S/C16H26N4O3.ClH/c1-9(2)7-13(16(22)23-10(3)4)18-15(21)14-11-8-17-6-5-12(11)19-20-14;/h9-10,13,17H,5-8H2,1-4H3,(H,18,21)(H,19,20);1H/t13-;/m0./s1. The number of ether oxygens (including phenoxy) is 1. The third kappa shape index (κ3) is 5.21. The van der Waals surface area contributed by atoms with E-state index in [2.05, 4.69) is 20.8 Å². The average molecular weight is 359 g/mol. The third-order valence-corrected chi connectivity index (χ3v) is 3.67. The number of nitrogens with one attached hydrogen (secondary N) is 3. The summed E-state index contributed by atoms with van der Waals surface area (Å²) in [6, 6.07) is -0.659. The fraction of sp³-hybridized carbons (Fsp3) is 0.688. The predicted octanol–water partition coefficient (Wildman–Crippen LogP) is 1.57. The highest BCUT2D eigenvalue weighted by Crippen LogP contribution is 2.16. The van der Waals surface area contributed by atoms with Gasteiger partial charge in [-0.2, -0.15) is 5.10 Å². The van der Waals surface area contributed by atoms with E-state index in [9.17, 15) is 9.59 Å². The van der Waals surface area contributed by atoms with Crippen molar-refractivity contribution in [1.29, 1.82) is 0 Å². The minimum atomic E-state index is -0.659. The summed E-state index contributed by atoms with van der Waals surface area (Å²) in [4.78, 5) is 24.7. The number of carbonyl (C=O) groups is 2. The van der Waals surface area contributed by atoms with Crippen LogP contribution in [0.2, 0.25) is 0 Å². The van der Waals surface area contributed by atoms with E-state index in [1.807, 2.05) is 13.8 Å². The lowest BCUT2D eigenvalue weighted by Gasteiger charge is -2.21. The fourth-order valence-corrected chi connectivity index (χ4v) is 2.64. The topological polar surface area (TPSA) is 96.1 Å². The number of rotatable bonds is 6. The van der Waals surface area contributed by atoms with Crippen LogP contribution in [-0.2, 0) is 22.5 Å². The van der Waals surface area contributed by atoms with Gasteiger partial charge in [0.05, 0.1) is 6.10 Å². The molecule has 1 aromatic rings. The molecule has 1 aromatic heterocycles. The molecular formula is C16H27ClN4O3. The van der Waals surface area contributed by atoms with Crippen LogP contribution >= 0.6 is 12.4 Å². The summed E-state index contributed by atoms with van der Waals surface area (Å²) in [6.45, 7) is 9.07. The third-order valence-electron chi connectivity index (χ3n) is 3.67. The number of carbonyl (C=O) groups excluding carboxylic acids is 2. The minimum Gasteiger partial charge on any atom is -0.461 e. The summed E-state index contributed by atoms with van der Waals surface area (Å²) >= 11 is 0. The maximum absolute atomic E-state index is 12.5. The molecule has 2 heterocycles. The second kappa shape index (κ2) is 9.03. The molecular weight excluding hydrogens is 332 g/mol. The quantitative estimate of drug-likeness (QED) is 0.671. The molecule has 1 atom stereocenters. The van der Waals surface area contributed by atoms with E-state index in [0.29, 0.717) is 18.7 Å². The van der Waals surface area contributed by atoms with E-state index in [4.69, 9.17) is 4.74 Å². The Bertz CT molecular complexity index is 572. The van der Waals surface area contributed by atoms with Crippen LogP contribution in [-0.4, -0.2) is 40.8 Å². The van der Waals surface area contributed by atoms with Crippen molar-refractivity contribution >= 4 is 24.3 Å². The Balaban J connectivity index is 0.00000288. The average Bonchev–Trinajstić information content (AvgIpc) is 2.89. The first-order chi connectivity index (χ1) is 10.9. The highest BCUT2D eigenvalue weighted by atomic mass is 35.5. The van der Waals surface area contributed by atoms with Gasteiger partial charge >= 0.3 is 5.97 Å². The lowest BCUT2D eigenvalue weighted by molar-refractivity contribution is -0.150. The highest BCUT2D eigenvalue weighted by Gasteiger charge is 2.28. The lowest BCUT2D eigenvalue weighted by Crippen LogP contribution is -2.44. The van der Waals surface area contributed by atoms with E-state index >= 15 is 0 Å². The molecule has 1 amide bonds. The smallest absolute Gasteiger partial charge is 0.328 e. The van der Waals surface area contributed by atoms with Crippen LogP contribution in [0.25, 0.3) is 0 Å². The highest BCUT2D eigenvalue weighted by molar-refractivity contribution is 5.96. The van der Waals surface area contributed by atoms with Crippen molar-refractivity contribution in [2.24, 2.45) is 5.92 Å². The van der Waals surface area contributed by atoms with Gasteiger partial charge in [0.1, 0.15) is 6.04 Å². The Morgan fingerprint density at radius 1 is 1.29 bits per heavy atom. The molecule has 0 radical (unpaired) electrons. The van der Waals surface area contributed by atoms with Crippen molar-refractivity contribution in [2.75, 3.05) is 6.54 Å². The Morgan fingerprint density at radius 3 is 2.62 bits per heavy atom. The molecule has 3 N–H and O–H groups in total. The first-order valence-corrected chi connectivity index (χ1v) is 8.16. The van der Waals surface area contributed by atoms with Crippen molar-refractivity contribution < 1.29 is 14.3 Å². The second-order valence-corrected chi connectivity index (χ2v) is 6.60. The molecule has 2 rings (SSSR count). The summed E-state index contributed by atoms with van der Waals surface area (Å²) in [5, 5.41) is 13.0. The molecule has 0 aromatic carbocycles. The van der Waals surface area contributed by atoms with E-state index in [0.717, 1.165) is 24.2 Å². The molecule has 0 unspecified atom stereocenters. The zero-order valence-electron chi connectivity index (χ0n) is 14.6. The molecule has 1 aliphatic rings. The van der Waals surface area contributed by atoms with E-state index in [-0.39, 0.29) is 30.3 Å². The number of esters is 1. The van der Waals surface area contributed by atoms with Crippen LogP contribution in [0.4, 0.5) is 0 Å². The molecule has 0 spiro atoms. The van der Waals surface area contributed by atoms with Crippen LogP contribution in [0.1, 0.15) is 55.9 Å². The monoisotopic (exact) mass is 358 g/mol. The number of hydrogen-bond donors (Lipinski definition) is 3. The van der Waals surface area contributed by atoms with Gasteiger partial charge in [-0.3, -0.25) is 9.89 Å². The van der Waals surface area contributed by atoms with Gasteiger partial charge in [0.2, 0.25) is 0 Å². The van der Waals surface area contributed by atoms with Crippen LogP contribution in [0, 0.1) is 5.92 Å². The fourth-order valence-electron chi connectivity index (χ4n) is 2.64. The number of aromatic amines is 1. The summed E-state index contributed by atoms with van der Waals surface area (Å²) in [5.41, 5.74) is 2.23. The number of hydrogen-bond acceptors (Lipinski definition) is 5. The van der Waals surface area contributed by atoms with E-state index < -0.39 is 12.0 Å². The van der Waals surface area contributed by atoms with Crippen LogP contribution in [0.3, 0.4) is 0 Å². The van der Waals surface area contributed by atoms with Crippen molar-refractivity contribution in [3.8, 4) is 0 Å². The molecule has 136 valence electrons. The maximum atomic E-state index is 12.5. The Kier molecular flexibility index (Phi) is 7.69. The number of amides is 1. The maximum Gasteiger partial charge on any atom is 0.328 e. The van der Waals surface area contributed by atoms with Gasteiger partial charge in [0, 0.05) is 30.8 Å². The van der Waals surface area contributed by atoms with E-state index in [1.54, 1.807) is 13.8 Å². The number of fused-ring (bicyclic) bond motifs is 1. The molecule has 0 saturated carbocycles. The van der Waals surface area contributed by atoms with Gasteiger partial charge in [-0.1, -0.05) is 13.8 Å².